The Morgan fingerprint density at radius 3 is 2.69 bits per heavy atom. The largest absolute Gasteiger partial charge is 0.495 e. The smallest absolute Gasteiger partial charge is 0.319 e. The highest BCUT2D eigenvalue weighted by Crippen LogP contribution is 2.27. The zero-order valence-corrected chi connectivity index (χ0v) is 18.6. The third-order valence-electron chi connectivity index (χ3n) is 5.29. The number of carbonyl (C=O) groups is 2. The monoisotopic (exact) mass is 461 g/mol. The maximum atomic E-state index is 12.6. The van der Waals surface area contributed by atoms with Gasteiger partial charge in [-0.05, 0) is 42.8 Å². The van der Waals surface area contributed by atoms with Crippen molar-refractivity contribution in [3.8, 4) is 5.75 Å². The van der Waals surface area contributed by atoms with Crippen LogP contribution < -0.4 is 20.7 Å². The molecule has 0 aliphatic carbocycles. The Kier molecular flexibility index (Phi) is 8.66. The lowest BCUT2D eigenvalue weighted by molar-refractivity contribution is -0.122. The Morgan fingerprint density at radius 2 is 2.03 bits per heavy atom. The van der Waals surface area contributed by atoms with Crippen molar-refractivity contribution in [1.82, 2.24) is 20.5 Å². The first-order valence-electron chi connectivity index (χ1n) is 10.4. The van der Waals surface area contributed by atoms with Gasteiger partial charge < -0.3 is 25.8 Å². The molecule has 3 rings (SSSR count). The summed E-state index contributed by atoms with van der Waals surface area (Å²) in [5.74, 6) is 0.387. The minimum atomic E-state index is -0.315. The molecule has 0 bridgehead atoms. The zero-order chi connectivity index (χ0) is 22.9. The summed E-state index contributed by atoms with van der Waals surface area (Å²) in [4.78, 5) is 31.3. The van der Waals surface area contributed by atoms with Gasteiger partial charge in [-0.2, -0.15) is 0 Å². The number of benzene rings is 1. The maximum absolute atomic E-state index is 12.6. The molecule has 1 saturated heterocycles. The molecule has 1 aliphatic heterocycles. The number of aromatic nitrogens is 1. The topological polar surface area (TPSA) is 116 Å². The number of aliphatic hydroxyl groups excluding tert-OH is 1. The van der Waals surface area contributed by atoms with Crippen LogP contribution in [0.1, 0.15) is 18.0 Å². The average Bonchev–Trinajstić information content (AvgIpc) is 2.80. The standard InChI is InChI=1S/C22H28ClN5O4/c1-32-17-6-7-19(25-12-17)18-13-28(14-21(30)24-9-11-29)10-8-20(18)27-22(31)26-16-4-2-15(23)3-5-16/h2-7,12,18,20,29H,8-11,13-14H2,1H3,(H,24,30)(H2,26,27,31)/t18-,20+/m0/s1. The van der Waals surface area contributed by atoms with Gasteiger partial charge in [0.2, 0.25) is 5.91 Å². The first-order chi connectivity index (χ1) is 15.5. The molecule has 1 aliphatic rings. The SMILES string of the molecule is COc1ccc([C@@H]2CN(CC(=O)NCCO)CC[C@H]2NC(=O)Nc2ccc(Cl)cc2)nc1. The summed E-state index contributed by atoms with van der Waals surface area (Å²) >= 11 is 5.90. The Balaban J connectivity index is 1.69. The van der Waals surface area contributed by atoms with Gasteiger partial charge in [0.15, 0.2) is 0 Å². The Labute approximate surface area is 192 Å². The molecule has 32 heavy (non-hydrogen) atoms. The molecule has 1 aromatic carbocycles. The van der Waals surface area contributed by atoms with Crippen molar-refractivity contribution in [3.63, 3.8) is 0 Å². The van der Waals surface area contributed by atoms with E-state index in [4.69, 9.17) is 21.4 Å². The fraction of sp³-hybridized carbons (Fsp3) is 0.409. The quantitative estimate of drug-likeness (QED) is 0.476. The maximum Gasteiger partial charge on any atom is 0.319 e. The summed E-state index contributed by atoms with van der Waals surface area (Å²) in [6.07, 6.45) is 2.30. The van der Waals surface area contributed by atoms with Crippen molar-refractivity contribution in [2.24, 2.45) is 0 Å². The van der Waals surface area contributed by atoms with E-state index in [-0.39, 0.29) is 43.6 Å². The van der Waals surface area contributed by atoms with Crippen molar-refractivity contribution in [2.75, 3.05) is 45.2 Å². The van der Waals surface area contributed by atoms with Crippen molar-refractivity contribution in [3.05, 3.63) is 53.3 Å². The molecule has 172 valence electrons. The van der Waals surface area contributed by atoms with Crippen LogP contribution >= 0.6 is 11.6 Å². The minimum absolute atomic E-state index is 0.0984. The molecular weight excluding hydrogens is 434 g/mol. The second kappa shape index (κ2) is 11.7. The predicted octanol–water partition coefficient (Wildman–Crippen LogP) is 1.83. The number of rotatable bonds is 8. The van der Waals surface area contributed by atoms with Crippen molar-refractivity contribution < 1.29 is 19.4 Å². The van der Waals surface area contributed by atoms with Crippen LogP contribution in [0, 0.1) is 0 Å². The normalized spacial score (nSPS) is 18.6. The minimum Gasteiger partial charge on any atom is -0.495 e. The number of hydrogen-bond acceptors (Lipinski definition) is 6. The number of aliphatic hydroxyl groups is 1. The first kappa shape index (κ1) is 23.8. The number of pyridine rings is 1. The molecule has 2 aromatic rings. The molecule has 0 radical (unpaired) electrons. The molecule has 4 N–H and O–H groups in total. The Hall–Kier alpha value is -2.88. The van der Waals surface area contributed by atoms with Crippen LogP contribution in [-0.2, 0) is 4.79 Å². The number of likely N-dealkylation sites (tertiary alicyclic amines) is 1. The number of methoxy groups -OCH3 is 1. The van der Waals surface area contributed by atoms with Crippen LogP contribution in [0.25, 0.3) is 0 Å². The Morgan fingerprint density at radius 1 is 1.25 bits per heavy atom. The lowest BCUT2D eigenvalue weighted by atomic mass is 9.88. The summed E-state index contributed by atoms with van der Waals surface area (Å²) in [6.45, 7) is 1.54. The first-order valence-corrected chi connectivity index (χ1v) is 10.8. The van der Waals surface area contributed by atoms with Gasteiger partial charge in [-0.1, -0.05) is 11.6 Å². The van der Waals surface area contributed by atoms with E-state index in [1.807, 2.05) is 17.0 Å². The fourth-order valence-electron chi connectivity index (χ4n) is 3.69. The van der Waals surface area contributed by atoms with Crippen molar-refractivity contribution >= 4 is 29.2 Å². The summed E-state index contributed by atoms with van der Waals surface area (Å²) in [5, 5.41) is 18.0. The van der Waals surface area contributed by atoms with Crippen LogP contribution in [0.5, 0.6) is 5.75 Å². The summed E-state index contributed by atoms with van der Waals surface area (Å²) in [6, 6.07) is 10.1. The molecule has 1 fully saturated rings. The number of urea groups is 1. The average molecular weight is 462 g/mol. The number of carbonyl (C=O) groups excluding carboxylic acids is 2. The number of piperidine rings is 1. The van der Waals surface area contributed by atoms with Crippen LogP contribution in [-0.4, -0.2) is 72.9 Å². The number of nitrogens with zero attached hydrogens (tertiary/aromatic N) is 2. The second-order valence-corrected chi connectivity index (χ2v) is 7.98. The highest BCUT2D eigenvalue weighted by Gasteiger charge is 2.33. The van der Waals surface area contributed by atoms with E-state index in [0.29, 0.717) is 36.0 Å². The van der Waals surface area contributed by atoms with Crippen LogP contribution in [0.4, 0.5) is 10.5 Å². The summed E-state index contributed by atoms with van der Waals surface area (Å²) in [7, 11) is 1.58. The van der Waals surface area contributed by atoms with Crippen LogP contribution in [0.2, 0.25) is 5.02 Å². The lowest BCUT2D eigenvalue weighted by Gasteiger charge is -2.38. The van der Waals surface area contributed by atoms with Crippen molar-refractivity contribution in [2.45, 2.75) is 18.4 Å². The van der Waals surface area contributed by atoms with E-state index in [2.05, 4.69) is 20.9 Å². The van der Waals surface area contributed by atoms with Crippen LogP contribution in [0.15, 0.2) is 42.6 Å². The van der Waals surface area contributed by atoms with Gasteiger partial charge >= 0.3 is 6.03 Å². The molecule has 3 amide bonds. The van der Waals surface area contributed by atoms with Gasteiger partial charge in [-0.15, -0.1) is 0 Å². The van der Waals surface area contributed by atoms with E-state index < -0.39 is 0 Å². The number of halogens is 1. The number of anilines is 1. The third-order valence-corrected chi connectivity index (χ3v) is 5.54. The van der Waals surface area contributed by atoms with E-state index in [0.717, 1.165) is 5.69 Å². The van der Waals surface area contributed by atoms with E-state index in [9.17, 15) is 9.59 Å². The van der Waals surface area contributed by atoms with Gasteiger partial charge in [0.25, 0.3) is 0 Å². The number of hydrogen-bond donors (Lipinski definition) is 4. The lowest BCUT2D eigenvalue weighted by Crippen LogP contribution is -2.52. The summed E-state index contributed by atoms with van der Waals surface area (Å²) in [5.41, 5.74) is 1.45. The molecule has 2 heterocycles. The highest BCUT2D eigenvalue weighted by atomic mass is 35.5. The molecule has 0 spiro atoms. The summed E-state index contributed by atoms with van der Waals surface area (Å²) < 4.78 is 5.20. The third kappa shape index (κ3) is 6.81. The van der Waals surface area contributed by atoms with Crippen molar-refractivity contribution in [1.29, 1.82) is 0 Å². The van der Waals surface area contributed by atoms with Gasteiger partial charge in [0.1, 0.15) is 5.75 Å². The molecule has 10 heteroatoms. The molecule has 0 unspecified atom stereocenters. The zero-order valence-electron chi connectivity index (χ0n) is 17.9. The van der Waals surface area contributed by atoms with E-state index in [1.165, 1.54) is 0 Å². The van der Waals surface area contributed by atoms with E-state index in [1.54, 1.807) is 37.6 Å². The number of nitrogens with one attached hydrogen (secondary N) is 3. The molecule has 0 saturated carbocycles. The molecule has 1 aromatic heterocycles. The molecular formula is C22H28ClN5O4. The van der Waals surface area contributed by atoms with Crippen LogP contribution in [0.3, 0.4) is 0 Å². The second-order valence-electron chi connectivity index (χ2n) is 7.54. The fourth-order valence-corrected chi connectivity index (χ4v) is 3.82. The predicted molar refractivity (Wildman–Crippen MR) is 122 cm³/mol. The number of amides is 3. The van der Waals surface area contributed by atoms with Gasteiger partial charge in [0, 0.05) is 48.0 Å². The highest BCUT2D eigenvalue weighted by molar-refractivity contribution is 6.30. The van der Waals surface area contributed by atoms with Gasteiger partial charge in [-0.3, -0.25) is 14.7 Å². The number of ether oxygens (including phenoxy) is 1. The van der Waals surface area contributed by atoms with Gasteiger partial charge in [-0.25, -0.2) is 4.79 Å². The molecule has 9 nitrogen and oxygen atoms in total. The molecule has 2 atom stereocenters. The Bertz CT molecular complexity index is 894. The van der Waals surface area contributed by atoms with E-state index >= 15 is 0 Å². The van der Waals surface area contributed by atoms with Gasteiger partial charge in [0.05, 0.1) is 26.5 Å².